The smallest absolute Gasteiger partial charge is 0.160 e. The van der Waals surface area contributed by atoms with Gasteiger partial charge in [-0.15, -0.1) is 0 Å². The number of fused-ring (bicyclic) bond motifs is 4. The molecular weight excluding hydrogens is 749 g/mol. The van der Waals surface area contributed by atoms with Crippen molar-refractivity contribution in [3.63, 3.8) is 0 Å². The van der Waals surface area contributed by atoms with E-state index >= 15 is 0 Å². The van der Waals surface area contributed by atoms with Crippen LogP contribution in [0.5, 0.6) is 0 Å². The number of aromatic nitrogens is 2. The summed E-state index contributed by atoms with van der Waals surface area (Å²) in [6.07, 6.45) is 0. The average molecular weight is 789 g/mol. The molecule has 4 nitrogen and oxygen atoms in total. The van der Waals surface area contributed by atoms with Crippen molar-refractivity contribution in [1.29, 1.82) is 0 Å². The van der Waals surface area contributed by atoms with E-state index in [2.05, 4.69) is 224 Å². The fourth-order valence-electron chi connectivity index (χ4n) is 8.86. The maximum Gasteiger partial charge on any atom is 0.160 e. The highest BCUT2D eigenvalue weighted by atomic mass is 32.2. The van der Waals surface area contributed by atoms with Gasteiger partial charge in [0.1, 0.15) is 0 Å². The van der Waals surface area contributed by atoms with Gasteiger partial charge in [0.25, 0.3) is 0 Å². The first-order valence-electron chi connectivity index (χ1n) is 20.4. The molecule has 0 unspecified atom stereocenters. The van der Waals surface area contributed by atoms with Crippen molar-refractivity contribution in [1.82, 2.24) is 9.97 Å². The molecule has 0 N–H and O–H groups in total. The Labute approximate surface area is 355 Å². The number of anilines is 6. The molecule has 1 aromatic heterocycles. The normalized spacial score (nSPS) is 13.5. The monoisotopic (exact) mass is 788 g/mol. The zero-order valence-electron chi connectivity index (χ0n) is 33.3. The molecule has 0 atom stereocenters. The number of benzene rings is 8. The van der Waals surface area contributed by atoms with Crippen LogP contribution >= 0.6 is 11.8 Å². The Morgan fingerprint density at radius 1 is 0.367 bits per heavy atom. The molecule has 0 saturated carbocycles. The molecule has 60 heavy (non-hydrogen) atoms. The number of hydrogen-bond donors (Lipinski definition) is 0. The van der Waals surface area contributed by atoms with Gasteiger partial charge >= 0.3 is 0 Å². The number of rotatable bonds is 6. The maximum atomic E-state index is 5.42. The fourth-order valence-corrected chi connectivity index (χ4v) is 9.92. The van der Waals surface area contributed by atoms with E-state index in [1.54, 1.807) is 0 Å². The second kappa shape index (κ2) is 14.6. The molecule has 286 valence electrons. The van der Waals surface area contributed by atoms with Crippen LogP contribution in [0, 0.1) is 0 Å². The van der Waals surface area contributed by atoms with Gasteiger partial charge in [0, 0.05) is 43.3 Å². The summed E-state index contributed by atoms with van der Waals surface area (Å²) < 4.78 is 0. The number of para-hydroxylation sites is 4. The van der Waals surface area contributed by atoms with Gasteiger partial charge < -0.3 is 9.80 Å². The molecule has 0 amide bonds. The highest BCUT2D eigenvalue weighted by molar-refractivity contribution is 7.99. The Bertz CT molecular complexity index is 2960. The van der Waals surface area contributed by atoms with Crippen LogP contribution < -0.4 is 9.80 Å². The van der Waals surface area contributed by atoms with Crippen LogP contribution in [0.15, 0.2) is 216 Å². The third-order valence-corrected chi connectivity index (χ3v) is 13.0. The van der Waals surface area contributed by atoms with E-state index in [4.69, 9.17) is 9.97 Å². The minimum absolute atomic E-state index is 0.190. The summed E-state index contributed by atoms with van der Waals surface area (Å²) >= 11 is 1.82. The highest BCUT2D eigenvalue weighted by Gasteiger charge is 2.37. The molecule has 0 aliphatic carbocycles. The van der Waals surface area contributed by atoms with Gasteiger partial charge in [-0.05, 0) is 82.9 Å². The van der Waals surface area contributed by atoms with Crippen LogP contribution in [-0.4, -0.2) is 9.97 Å². The average Bonchev–Trinajstić information content (AvgIpc) is 3.31. The van der Waals surface area contributed by atoms with Crippen molar-refractivity contribution in [2.75, 3.05) is 9.80 Å². The van der Waals surface area contributed by atoms with Crippen LogP contribution in [0.1, 0.15) is 25.0 Å². The molecule has 0 bridgehead atoms. The minimum Gasteiger partial charge on any atom is -0.310 e. The van der Waals surface area contributed by atoms with Crippen molar-refractivity contribution in [2.24, 2.45) is 0 Å². The van der Waals surface area contributed by atoms with E-state index in [9.17, 15) is 0 Å². The molecule has 0 saturated heterocycles. The van der Waals surface area contributed by atoms with Crippen molar-refractivity contribution < 1.29 is 0 Å². The van der Waals surface area contributed by atoms with E-state index in [1.807, 2.05) is 17.8 Å². The van der Waals surface area contributed by atoms with Crippen LogP contribution in [0.3, 0.4) is 0 Å². The fraction of sp³-hybridized carbons (Fsp3) is 0.0545. The largest absolute Gasteiger partial charge is 0.310 e. The van der Waals surface area contributed by atoms with Gasteiger partial charge in [-0.1, -0.05) is 171 Å². The van der Waals surface area contributed by atoms with Gasteiger partial charge in [-0.3, -0.25) is 0 Å². The van der Waals surface area contributed by atoms with E-state index in [0.29, 0.717) is 5.82 Å². The van der Waals surface area contributed by atoms with Crippen LogP contribution in [0.2, 0.25) is 0 Å². The molecule has 0 spiro atoms. The van der Waals surface area contributed by atoms with Crippen LogP contribution in [0.4, 0.5) is 34.1 Å². The quantitative estimate of drug-likeness (QED) is 0.168. The number of nitrogens with zero attached hydrogens (tertiary/aromatic N) is 4. The van der Waals surface area contributed by atoms with Crippen LogP contribution in [0.25, 0.3) is 45.0 Å². The van der Waals surface area contributed by atoms with E-state index < -0.39 is 0 Å². The minimum atomic E-state index is -0.190. The van der Waals surface area contributed by atoms with E-state index in [-0.39, 0.29) is 5.41 Å². The summed E-state index contributed by atoms with van der Waals surface area (Å²) in [6.45, 7) is 4.67. The lowest BCUT2D eigenvalue weighted by Crippen LogP contribution is -2.30. The molecule has 2 aliphatic rings. The van der Waals surface area contributed by atoms with Gasteiger partial charge in [-0.25, -0.2) is 9.97 Å². The summed E-state index contributed by atoms with van der Waals surface area (Å²) in [4.78, 5) is 18.1. The lowest BCUT2D eigenvalue weighted by atomic mass is 9.73. The molecule has 5 heteroatoms. The molecule has 0 fully saturated rings. The van der Waals surface area contributed by atoms with Crippen molar-refractivity contribution in [2.45, 2.75) is 29.1 Å². The number of hydrogen-bond acceptors (Lipinski definition) is 5. The molecule has 9 aromatic rings. The molecule has 2 aliphatic heterocycles. The predicted molar refractivity (Wildman–Crippen MR) is 249 cm³/mol. The summed E-state index contributed by atoms with van der Waals surface area (Å²) in [5, 5.41) is 0. The second-order valence-electron chi connectivity index (χ2n) is 15.9. The third kappa shape index (κ3) is 6.18. The first kappa shape index (κ1) is 35.9. The Morgan fingerprint density at radius 3 is 1.32 bits per heavy atom. The molecule has 11 rings (SSSR count). The lowest BCUT2D eigenvalue weighted by molar-refractivity contribution is 0.632. The lowest BCUT2D eigenvalue weighted by Gasteiger charge is -2.42. The molecular formula is C55H40N4S. The first-order valence-corrected chi connectivity index (χ1v) is 21.2. The first-order chi connectivity index (χ1) is 29.5. The zero-order valence-corrected chi connectivity index (χ0v) is 34.1. The van der Waals surface area contributed by atoms with Gasteiger partial charge in [0.05, 0.1) is 34.1 Å². The Kier molecular flexibility index (Phi) is 8.72. The molecule has 0 radical (unpaired) electrons. The second-order valence-corrected chi connectivity index (χ2v) is 17.0. The molecule has 8 aromatic carbocycles. The van der Waals surface area contributed by atoms with E-state index in [1.165, 1.54) is 32.0 Å². The van der Waals surface area contributed by atoms with Crippen molar-refractivity contribution in [3.8, 4) is 45.0 Å². The van der Waals surface area contributed by atoms with Crippen molar-refractivity contribution >= 4 is 45.9 Å². The predicted octanol–water partition coefficient (Wildman–Crippen LogP) is 15.2. The summed E-state index contributed by atoms with van der Waals surface area (Å²) in [5.41, 5.74) is 16.1. The Balaban J connectivity index is 1.16. The van der Waals surface area contributed by atoms with Crippen molar-refractivity contribution in [3.05, 3.63) is 217 Å². The topological polar surface area (TPSA) is 32.3 Å². The summed E-state index contributed by atoms with van der Waals surface area (Å²) in [6, 6.07) is 73.7. The Hall–Kier alpha value is -7.21. The van der Waals surface area contributed by atoms with E-state index in [0.717, 1.165) is 62.2 Å². The maximum absolute atomic E-state index is 5.42. The third-order valence-electron chi connectivity index (χ3n) is 11.8. The van der Waals surface area contributed by atoms with Crippen LogP contribution in [-0.2, 0) is 5.41 Å². The zero-order chi connectivity index (χ0) is 40.2. The summed E-state index contributed by atoms with van der Waals surface area (Å²) in [7, 11) is 0. The summed E-state index contributed by atoms with van der Waals surface area (Å²) in [5.74, 6) is 0.661. The Morgan fingerprint density at radius 2 is 0.767 bits per heavy atom. The highest BCUT2D eigenvalue weighted by Crippen LogP contribution is 2.55. The molecule has 3 heterocycles. The van der Waals surface area contributed by atoms with Gasteiger partial charge in [-0.2, -0.15) is 0 Å². The van der Waals surface area contributed by atoms with Gasteiger partial charge in [0.2, 0.25) is 0 Å². The van der Waals surface area contributed by atoms with Gasteiger partial charge in [0.15, 0.2) is 5.82 Å². The standard InChI is InChI=1S/C55H40N4S/c1-55(2)44-21-9-11-23-48(44)58(49-24-12-10-22-45(49)55)42-33-41(34-43(35-42)59-50-25-13-15-27-52(50)60-53-28-16-14-26-51(53)59)54-56-46(39-19-7-4-8-20-39)36-47(57-54)40-31-29-38(30-32-40)37-17-5-3-6-18-37/h3-36H,1-2H3. The SMILES string of the molecule is CC1(C)c2ccccc2N(c2cc(-c3nc(-c4ccccc4)cc(-c4ccc(-c5ccccc5)cc4)n3)cc(N3c4ccccc4Sc4ccccc43)c2)c2ccccc21.